The van der Waals surface area contributed by atoms with Crippen molar-refractivity contribution < 1.29 is 22.7 Å². The molecule has 0 saturated carbocycles. The maximum atomic E-state index is 12.6. The largest absolute Gasteiger partial charge is 0.454 e. The highest BCUT2D eigenvalue weighted by Gasteiger charge is 2.27. The minimum absolute atomic E-state index is 0.143. The lowest BCUT2D eigenvalue weighted by molar-refractivity contribution is 0.0473. The van der Waals surface area contributed by atoms with Gasteiger partial charge in [0, 0.05) is 29.1 Å². The number of halogens is 1. The summed E-state index contributed by atoms with van der Waals surface area (Å²) in [5.74, 6) is -1.10. The zero-order chi connectivity index (χ0) is 22.9. The molecule has 1 aliphatic heterocycles. The predicted octanol–water partition coefficient (Wildman–Crippen LogP) is 4.02. The topological polar surface area (TPSA) is 93.6 Å². The molecule has 1 fully saturated rings. The third kappa shape index (κ3) is 4.53. The minimum Gasteiger partial charge on any atom is -0.454 e. The molecule has 0 unspecified atom stereocenters. The van der Waals surface area contributed by atoms with Gasteiger partial charge in [0.15, 0.2) is 12.4 Å². The van der Waals surface area contributed by atoms with Gasteiger partial charge in [0.2, 0.25) is 10.0 Å². The quantitative estimate of drug-likeness (QED) is 0.397. The van der Waals surface area contributed by atoms with Crippen molar-refractivity contribution in [1.29, 1.82) is 0 Å². The fourth-order valence-electron chi connectivity index (χ4n) is 3.63. The van der Waals surface area contributed by atoms with Crippen LogP contribution in [-0.4, -0.2) is 49.2 Å². The number of carbonyl (C=O) groups is 2. The van der Waals surface area contributed by atoms with Gasteiger partial charge in [0.05, 0.1) is 21.7 Å². The zero-order valence-corrected chi connectivity index (χ0v) is 18.9. The highest BCUT2D eigenvalue weighted by Crippen LogP contribution is 2.22. The second-order valence-electron chi connectivity index (χ2n) is 7.59. The Balaban J connectivity index is 1.44. The van der Waals surface area contributed by atoms with Crippen LogP contribution in [0.1, 0.15) is 39.3 Å². The third-order valence-corrected chi connectivity index (χ3v) is 7.55. The van der Waals surface area contributed by atoms with Crippen molar-refractivity contribution in [3.8, 4) is 0 Å². The average Bonchev–Trinajstić information content (AvgIpc) is 3.33. The molecule has 2 heterocycles. The standard InChI is InChI=1S/C23H21ClN2O5S/c1-15-20(13-17-12-18(24)6-9-21(17)25-15)23(28)31-14-22(27)16-4-7-19(8-5-16)32(29,30)26-10-2-3-11-26/h4-9,12-13H,2-3,10-11,14H2,1H3. The second kappa shape index (κ2) is 8.97. The number of rotatable bonds is 6. The normalized spacial score (nSPS) is 14.6. The molecule has 0 radical (unpaired) electrons. The van der Waals surface area contributed by atoms with Crippen LogP contribution in [0.2, 0.25) is 5.02 Å². The van der Waals surface area contributed by atoms with Gasteiger partial charge < -0.3 is 4.74 Å². The number of hydrogen-bond acceptors (Lipinski definition) is 6. The Kier molecular flexibility index (Phi) is 6.28. The van der Waals surface area contributed by atoms with Crippen LogP contribution in [0.5, 0.6) is 0 Å². The lowest BCUT2D eigenvalue weighted by Crippen LogP contribution is -2.27. The molecule has 0 aliphatic carbocycles. The average molecular weight is 473 g/mol. The van der Waals surface area contributed by atoms with E-state index in [4.69, 9.17) is 16.3 Å². The van der Waals surface area contributed by atoms with E-state index in [0.717, 1.165) is 12.8 Å². The van der Waals surface area contributed by atoms with Crippen LogP contribution in [0.4, 0.5) is 0 Å². The molecule has 1 aromatic heterocycles. The number of fused-ring (bicyclic) bond motifs is 1. The number of ether oxygens (including phenoxy) is 1. The molecule has 1 aliphatic rings. The predicted molar refractivity (Wildman–Crippen MR) is 121 cm³/mol. The Labute approximate surface area is 191 Å². The van der Waals surface area contributed by atoms with E-state index in [1.807, 2.05) is 0 Å². The van der Waals surface area contributed by atoms with Crippen molar-refractivity contribution in [1.82, 2.24) is 9.29 Å². The molecule has 0 atom stereocenters. The molecule has 9 heteroatoms. The Bertz CT molecular complexity index is 1300. The number of sulfonamides is 1. The summed E-state index contributed by atoms with van der Waals surface area (Å²) >= 11 is 6.01. The monoisotopic (exact) mass is 472 g/mol. The fraction of sp³-hybridized carbons (Fsp3) is 0.261. The van der Waals surface area contributed by atoms with Crippen molar-refractivity contribution in [2.45, 2.75) is 24.7 Å². The number of aryl methyl sites for hydroxylation is 1. The third-order valence-electron chi connectivity index (χ3n) is 5.40. The van der Waals surface area contributed by atoms with Gasteiger partial charge in [0.1, 0.15) is 0 Å². The van der Waals surface area contributed by atoms with E-state index in [2.05, 4.69) is 4.98 Å². The first kappa shape index (κ1) is 22.4. The van der Waals surface area contributed by atoms with E-state index in [9.17, 15) is 18.0 Å². The SMILES string of the molecule is Cc1nc2ccc(Cl)cc2cc1C(=O)OCC(=O)c1ccc(S(=O)(=O)N2CCCC2)cc1. The van der Waals surface area contributed by atoms with Crippen molar-refractivity contribution in [3.05, 3.63) is 70.4 Å². The number of carbonyl (C=O) groups excluding carboxylic acids is 2. The van der Waals surface area contributed by atoms with Crippen molar-refractivity contribution in [2.24, 2.45) is 0 Å². The Morgan fingerprint density at radius 1 is 1.06 bits per heavy atom. The smallest absolute Gasteiger partial charge is 0.340 e. The number of ketones is 1. The molecule has 32 heavy (non-hydrogen) atoms. The summed E-state index contributed by atoms with van der Waals surface area (Å²) in [5, 5.41) is 1.21. The molecular weight excluding hydrogens is 452 g/mol. The van der Waals surface area contributed by atoms with Gasteiger partial charge in [-0.1, -0.05) is 11.6 Å². The highest BCUT2D eigenvalue weighted by atomic mass is 35.5. The molecule has 7 nitrogen and oxygen atoms in total. The summed E-state index contributed by atoms with van der Waals surface area (Å²) in [4.78, 5) is 29.5. The Morgan fingerprint density at radius 2 is 1.75 bits per heavy atom. The molecular formula is C23H21ClN2O5S. The molecule has 1 saturated heterocycles. The molecule has 0 bridgehead atoms. The van der Waals surface area contributed by atoms with Crippen LogP contribution in [0.3, 0.4) is 0 Å². The van der Waals surface area contributed by atoms with Gasteiger partial charge in [0.25, 0.3) is 0 Å². The maximum Gasteiger partial charge on any atom is 0.340 e. The molecule has 3 aromatic rings. The van der Waals surface area contributed by atoms with Gasteiger partial charge in [-0.15, -0.1) is 0 Å². The van der Waals surface area contributed by atoms with Gasteiger partial charge in [-0.2, -0.15) is 4.31 Å². The maximum absolute atomic E-state index is 12.6. The lowest BCUT2D eigenvalue weighted by atomic mass is 10.1. The zero-order valence-electron chi connectivity index (χ0n) is 17.4. The van der Waals surface area contributed by atoms with Crippen molar-refractivity contribution >= 4 is 44.3 Å². The summed E-state index contributed by atoms with van der Waals surface area (Å²) in [6.45, 7) is 2.23. The Hall–Kier alpha value is -2.81. The number of aromatic nitrogens is 1. The first-order valence-corrected chi connectivity index (χ1v) is 11.9. The number of pyridine rings is 1. The lowest BCUT2D eigenvalue weighted by Gasteiger charge is -2.15. The number of benzene rings is 2. The number of Topliss-reactive ketones (excluding diaryl/α,β-unsaturated/α-hetero) is 1. The van der Waals surface area contributed by atoms with Crippen LogP contribution in [0.15, 0.2) is 53.4 Å². The molecule has 0 N–H and O–H groups in total. The van der Waals surface area contributed by atoms with E-state index >= 15 is 0 Å². The van der Waals surface area contributed by atoms with Crippen LogP contribution in [0.25, 0.3) is 10.9 Å². The van der Waals surface area contributed by atoms with E-state index in [-0.39, 0.29) is 16.0 Å². The summed E-state index contributed by atoms with van der Waals surface area (Å²) in [5.41, 5.74) is 1.69. The summed E-state index contributed by atoms with van der Waals surface area (Å²) in [6.07, 6.45) is 1.70. The first-order valence-electron chi connectivity index (χ1n) is 10.1. The van der Waals surface area contributed by atoms with E-state index in [1.165, 1.54) is 28.6 Å². The van der Waals surface area contributed by atoms with Crippen LogP contribution in [-0.2, 0) is 14.8 Å². The van der Waals surface area contributed by atoms with Gasteiger partial charge in [-0.05, 0) is 68.3 Å². The number of hydrogen-bond donors (Lipinski definition) is 0. The number of esters is 1. The van der Waals surface area contributed by atoms with E-state index < -0.39 is 28.4 Å². The second-order valence-corrected chi connectivity index (χ2v) is 9.97. The van der Waals surface area contributed by atoms with Gasteiger partial charge in [-0.25, -0.2) is 13.2 Å². The van der Waals surface area contributed by atoms with Gasteiger partial charge >= 0.3 is 5.97 Å². The van der Waals surface area contributed by atoms with Crippen molar-refractivity contribution in [3.63, 3.8) is 0 Å². The first-order chi connectivity index (χ1) is 15.3. The number of nitrogens with zero attached hydrogens (tertiary/aromatic N) is 2. The van der Waals surface area contributed by atoms with E-state index in [1.54, 1.807) is 31.2 Å². The summed E-state index contributed by atoms with van der Waals surface area (Å²) < 4.78 is 31.8. The van der Waals surface area contributed by atoms with E-state index in [0.29, 0.717) is 34.7 Å². The van der Waals surface area contributed by atoms with Crippen LogP contribution >= 0.6 is 11.6 Å². The van der Waals surface area contributed by atoms with Crippen LogP contribution < -0.4 is 0 Å². The molecule has 0 amide bonds. The molecule has 2 aromatic carbocycles. The molecule has 166 valence electrons. The highest BCUT2D eigenvalue weighted by molar-refractivity contribution is 7.89. The van der Waals surface area contributed by atoms with Crippen molar-refractivity contribution in [2.75, 3.05) is 19.7 Å². The fourth-order valence-corrected chi connectivity index (χ4v) is 5.33. The Morgan fingerprint density at radius 3 is 2.44 bits per heavy atom. The molecule has 4 rings (SSSR count). The van der Waals surface area contributed by atoms with Crippen LogP contribution in [0, 0.1) is 6.92 Å². The summed E-state index contributed by atoms with van der Waals surface area (Å²) in [6, 6.07) is 12.5. The molecule has 0 spiro atoms. The minimum atomic E-state index is -3.55. The van der Waals surface area contributed by atoms with Gasteiger partial charge in [-0.3, -0.25) is 9.78 Å². The summed E-state index contributed by atoms with van der Waals surface area (Å²) in [7, 11) is -3.55.